The first-order valence-electron chi connectivity index (χ1n) is 6.88. The molecule has 0 bridgehead atoms. The lowest BCUT2D eigenvalue weighted by Crippen LogP contribution is -2.11. The minimum Gasteiger partial charge on any atom is -0.296 e. The number of hydrogen-bond acceptors (Lipinski definition) is 5. The summed E-state index contributed by atoms with van der Waals surface area (Å²) in [5, 5.41) is 12.1. The fraction of sp³-hybridized carbons (Fsp3) is 0.0625. The van der Waals surface area contributed by atoms with Crippen LogP contribution in [0.25, 0.3) is 0 Å². The van der Waals surface area contributed by atoms with E-state index in [9.17, 15) is 4.79 Å². The summed E-state index contributed by atoms with van der Waals surface area (Å²) in [6, 6.07) is 14.9. The summed E-state index contributed by atoms with van der Waals surface area (Å²) in [5.74, 6) is 0.489. The number of carbonyl (C=O) groups is 1. The third kappa shape index (κ3) is 4.57. The monoisotopic (exact) mass is 439 g/mol. The van der Waals surface area contributed by atoms with E-state index in [1.54, 1.807) is 12.1 Å². The minimum atomic E-state index is -0.213. The lowest BCUT2D eigenvalue weighted by Gasteiger charge is -2.01. The van der Waals surface area contributed by atoms with Crippen molar-refractivity contribution in [3.63, 3.8) is 0 Å². The van der Waals surface area contributed by atoms with Crippen LogP contribution < -0.4 is 5.32 Å². The highest BCUT2D eigenvalue weighted by atomic mass is 79.9. The topological polar surface area (TPSA) is 54.9 Å². The molecule has 0 radical (unpaired) electrons. The summed E-state index contributed by atoms with van der Waals surface area (Å²) in [6.07, 6.45) is 0. The van der Waals surface area contributed by atoms with E-state index >= 15 is 0 Å². The van der Waals surface area contributed by atoms with Crippen molar-refractivity contribution in [2.45, 2.75) is 10.1 Å². The second kappa shape index (κ2) is 8.11. The molecule has 0 spiro atoms. The Labute approximate surface area is 160 Å². The zero-order chi connectivity index (χ0) is 16.9. The molecule has 0 fully saturated rings. The van der Waals surface area contributed by atoms with Crippen LogP contribution in [0.5, 0.6) is 0 Å². The van der Waals surface area contributed by atoms with Gasteiger partial charge in [-0.05, 0) is 29.8 Å². The van der Waals surface area contributed by atoms with Gasteiger partial charge in [0.1, 0.15) is 0 Å². The molecule has 0 aliphatic carbocycles. The Morgan fingerprint density at radius 3 is 2.83 bits per heavy atom. The molecule has 1 N–H and O–H groups in total. The number of benzene rings is 2. The van der Waals surface area contributed by atoms with Crippen LogP contribution in [0.2, 0.25) is 5.02 Å². The molecule has 8 heteroatoms. The van der Waals surface area contributed by atoms with Gasteiger partial charge in [0.25, 0.3) is 5.91 Å². The molecule has 2 aromatic carbocycles. The van der Waals surface area contributed by atoms with Gasteiger partial charge in [0.2, 0.25) is 5.13 Å². The average Bonchev–Trinajstić information content (AvgIpc) is 3.01. The largest absolute Gasteiger partial charge is 0.296 e. The summed E-state index contributed by atoms with van der Waals surface area (Å²) in [7, 11) is 0. The second-order valence-electron chi connectivity index (χ2n) is 4.72. The van der Waals surface area contributed by atoms with Gasteiger partial charge in [-0.2, -0.15) is 0 Å². The minimum absolute atomic E-state index is 0.213. The first-order chi connectivity index (χ1) is 11.6. The quantitative estimate of drug-likeness (QED) is 0.420. The van der Waals surface area contributed by atoms with Crippen molar-refractivity contribution in [3.05, 3.63) is 69.2 Å². The van der Waals surface area contributed by atoms with Gasteiger partial charge < -0.3 is 0 Å². The standard InChI is InChI=1S/C16H11BrClN3OS2/c17-12-6-3-5-10(8-12)14(22)19-15-20-21-16(24-15)23-9-11-4-1-2-7-13(11)18/h1-8H,9H2,(H,19,20,22). The van der Waals surface area contributed by atoms with Gasteiger partial charge in [0.15, 0.2) is 4.34 Å². The van der Waals surface area contributed by atoms with E-state index in [0.717, 1.165) is 19.4 Å². The molecule has 0 saturated carbocycles. The highest BCUT2D eigenvalue weighted by molar-refractivity contribution is 9.10. The first kappa shape index (κ1) is 17.4. The Kier molecular flexibility index (Phi) is 5.89. The van der Waals surface area contributed by atoms with Crippen molar-refractivity contribution in [1.82, 2.24) is 10.2 Å². The third-order valence-electron chi connectivity index (χ3n) is 3.02. The van der Waals surface area contributed by atoms with E-state index in [1.165, 1.54) is 23.1 Å². The summed E-state index contributed by atoms with van der Waals surface area (Å²) < 4.78 is 1.63. The molecule has 4 nitrogen and oxygen atoms in total. The Morgan fingerprint density at radius 1 is 1.21 bits per heavy atom. The molecular formula is C16H11BrClN3OS2. The second-order valence-corrected chi connectivity index (χ2v) is 8.24. The predicted molar refractivity (Wildman–Crippen MR) is 103 cm³/mol. The number of thioether (sulfide) groups is 1. The van der Waals surface area contributed by atoms with Gasteiger partial charge in [0.05, 0.1) is 0 Å². The fourth-order valence-electron chi connectivity index (χ4n) is 1.87. The number of hydrogen-bond donors (Lipinski definition) is 1. The molecule has 3 aromatic rings. The lowest BCUT2D eigenvalue weighted by molar-refractivity contribution is 0.102. The number of carbonyl (C=O) groups excluding carboxylic acids is 1. The van der Waals surface area contributed by atoms with Gasteiger partial charge in [-0.3, -0.25) is 10.1 Å². The molecule has 0 aliphatic heterocycles. The lowest BCUT2D eigenvalue weighted by atomic mass is 10.2. The van der Waals surface area contributed by atoms with Gasteiger partial charge >= 0.3 is 0 Å². The molecule has 1 heterocycles. The summed E-state index contributed by atoms with van der Waals surface area (Å²) in [5.41, 5.74) is 1.60. The maximum absolute atomic E-state index is 12.2. The SMILES string of the molecule is O=C(Nc1nnc(SCc2ccccc2Cl)s1)c1cccc(Br)c1. The normalized spacial score (nSPS) is 10.6. The van der Waals surface area contributed by atoms with Crippen LogP contribution in [0, 0.1) is 0 Å². The molecule has 1 amide bonds. The number of nitrogens with one attached hydrogen (secondary N) is 1. The van der Waals surface area contributed by atoms with Crippen LogP contribution in [0.15, 0.2) is 57.3 Å². The van der Waals surface area contributed by atoms with Crippen molar-refractivity contribution in [1.29, 1.82) is 0 Å². The smallest absolute Gasteiger partial charge is 0.257 e. The third-order valence-corrected chi connectivity index (χ3v) is 5.91. The van der Waals surface area contributed by atoms with Crippen molar-refractivity contribution >= 4 is 61.7 Å². The number of amides is 1. The van der Waals surface area contributed by atoms with E-state index in [1.807, 2.05) is 36.4 Å². The maximum Gasteiger partial charge on any atom is 0.257 e. The molecule has 0 atom stereocenters. The number of rotatable bonds is 5. The zero-order valence-electron chi connectivity index (χ0n) is 12.2. The molecule has 122 valence electrons. The predicted octanol–water partition coefficient (Wildman–Crippen LogP) is 5.50. The molecule has 0 aliphatic rings. The van der Waals surface area contributed by atoms with Crippen molar-refractivity contribution < 1.29 is 4.79 Å². The first-order valence-corrected chi connectivity index (χ1v) is 9.86. The fourth-order valence-corrected chi connectivity index (χ4v) is 4.30. The molecule has 1 aromatic heterocycles. The van der Waals surface area contributed by atoms with Gasteiger partial charge in [-0.1, -0.05) is 74.9 Å². The summed E-state index contributed by atoms with van der Waals surface area (Å²) in [4.78, 5) is 12.2. The van der Waals surface area contributed by atoms with E-state index in [4.69, 9.17) is 11.6 Å². The van der Waals surface area contributed by atoms with Crippen molar-refractivity contribution in [3.8, 4) is 0 Å². The Morgan fingerprint density at radius 2 is 2.04 bits per heavy atom. The molecule has 0 unspecified atom stereocenters. The number of halogens is 2. The van der Waals surface area contributed by atoms with Crippen molar-refractivity contribution in [2.75, 3.05) is 5.32 Å². The molecule has 3 rings (SSSR count). The molecule has 0 saturated heterocycles. The van der Waals surface area contributed by atoms with Crippen LogP contribution >= 0.6 is 50.6 Å². The van der Waals surface area contributed by atoms with Crippen LogP contribution in [-0.2, 0) is 5.75 Å². The van der Waals surface area contributed by atoms with E-state index < -0.39 is 0 Å². The Balaban J connectivity index is 1.61. The van der Waals surface area contributed by atoms with E-state index in [0.29, 0.717) is 16.4 Å². The number of nitrogens with zero attached hydrogens (tertiary/aromatic N) is 2. The number of aromatic nitrogens is 2. The highest BCUT2D eigenvalue weighted by Crippen LogP contribution is 2.30. The zero-order valence-corrected chi connectivity index (χ0v) is 16.2. The van der Waals surface area contributed by atoms with Gasteiger partial charge in [-0.25, -0.2) is 0 Å². The van der Waals surface area contributed by atoms with Crippen molar-refractivity contribution in [2.24, 2.45) is 0 Å². The van der Waals surface area contributed by atoms with Gasteiger partial charge in [0, 0.05) is 20.8 Å². The highest BCUT2D eigenvalue weighted by Gasteiger charge is 2.11. The Hall–Kier alpha value is -1.41. The van der Waals surface area contributed by atoms with Crippen LogP contribution in [0.4, 0.5) is 5.13 Å². The summed E-state index contributed by atoms with van der Waals surface area (Å²) >= 11 is 12.4. The van der Waals surface area contributed by atoms with E-state index in [2.05, 4.69) is 31.4 Å². The molecule has 24 heavy (non-hydrogen) atoms. The number of anilines is 1. The van der Waals surface area contributed by atoms with Crippen LogP contribution in [-0.4, -0.2) is 16.1 Å². The molecular weight excluding hydrogens is 430 g/mol. The Bertz CT molecular complexity index is 872. The van der Waals surface area contributed by atoms with Crippen LogP contribution in [0.1, 0.15) is 15.9 Å². The maximum atomic E-state index is 12.2. The van der Waals surface area contributed by atoms with E-state index in [-0.39, 0.29) is 5.91 Å². The summed E-state index contributed by atoms with van der Waals surface area (Å²) in [6.45, 7) is 0. The van der Waals surface area contributed by atoms with Crippen LogP contribution in [0.3, 0.4) is 0 Å². The van der Waals surface area contributed by atoms with Gasteiger partial charge in [-0.15, -0.1) is 10.2 Å². The average molecular weight is 441 g/mol.